The van der Waals surface area contributed by atoms with E-state index in [1.807, 2.05) is 43.3 Å². The van der Waals surface area contributed by atoms with Crippen molar-refractivity contribution in [3.05, 3.63) is 59.1 Å². The van der Waals surface area contributed by atoms with Crippen molar-refractivity contribution in [1.82, 2.24) is 5.32 Å². The van der Waals surface area contributed by atoms with Crippen LogP contribution < -0.4 is 15.1 Å². The second-order valence-corrected chi connectivity index (χ2v) is 7.21. The van der Waals surface area contributed by atoms with Gasteiger partial charge in [-0.3, -0.25) is 4.79 Å². The van der Waals surface area contributed by atoms with Crippen LogP contribution in [0.25, 0.3) is 0 Å². The number of hydrogen-bond acceptors (Lipinski definition) is 3. The molecular weight excluding hydrogens is 350 g/mol. The number of piperazine rings is 1. The Bertz CT molecular complexity index is 726. The molecule has 3 N–H and O–H groups in total. The van der Waals surface area contributed by atoms with Crippen LogP contribution in [0.4, 0.5) is 5.69 Å². The molecule has 1 saturated heterocycles. The molecule has 0 bridgehead atoms. The first-order valence-corrected chi connectivity index (χ1v) is 9.31. The largest absolute Gasteiger partial charge is 0.508 e. The molecule has 0 aromatic heterocycles. The van der Waals surface area contributed by atoms with Crippen LogP contribution in [0.1, 0.15) is 18.5 Å². The average Bonchev–Trinajstić information content (AvgIpc) is 2.63. The minimum atomic E-state index is -0.0301. The molecular formula is C20H25ClN3O2+. The van der Waals surface area contributed by atoms with Crippen LogP contribution in [0, 0.1) is 0 Å². The number of anilines is 1. The zero-order valence-corrected chi connectivity index (χ0v) is 15.7. The summed E-state index contributed by atoms with van der Waals surface area (Å²) < 4.78 is 0. The van der Waals surface area contributed by atoms with E-state index in [1.165, 1.54) is 4.90 Å². The average molecular weight is 375 g/mol. The highest BCUT2D eigenvalue weighted by atomic mass is 35.5. The summed E-state index contributed by atoms with van der Waals surface area (Å²) in [4.78, 5) is 15.9. The molecule has 1 heterocycles. The summed E-state index contributed by atoms with van der Waals surface area (Å²) in [7, 11) is 0. The maximum absolute atomic E-state index is 12.4. The molecule has 26 heavy (non-hydrogen) atoms. The number of halogens is 1. The van der Waals surface area contributed by atoms with Gasteiger partial charge in [-0.1, -0.05) is 23.7 Å². The van der Waals surface area contributed by atoms with E-state index in [0.717, 1.165) is 37.4 Å². The molecule has 2 aromatic carbocycles. The fourth-order valence-corrected chi connectivity index (χ4v) is 3.40. The molecule has 1 amide bonds. The first-order valence-electron chi connectivity index (χ1n) is 8.93. The number of rotatable bonds is 5. The van der Waals surface area contributed by atoms with E-state index in [1.54, 1.807) is 12.1 Å². The number of phenols is 1. The SMILES string of the molecule is C[C@H](NC(=O)C[NH+]1CCN(c2ccc(O)cc2)CC1)c1ccc(Cl)cc1. The lowest BCUT2D eigenvalue weighted by atomic mass is 10.1. The summed E-state index contributed by atoms with van der Waals surface area (Å²) in [5.74, 6) is 0.352. The van der Waals surface area contributed by atoms with Crippen LogP contribution in [0.5, 0.6) is 5.75 Å². The Morgan fingerprint density at radius 2 is 1.77 bits per heavy atom. The number of carbonyl (C=O) groups is 1. The number of carbonyl (C=O) groups excluding carboxylic acids is 1. The van der Waals surface area contributed by atoms with Crippen LogP contribution in [0.2, 0.25) is 5.02 Å². The van der Waals surface area contributed by atoms with E-state index in [9.17, 15) is 9.90 Å². The van der Waals surface area contributed by atoms with Crippen molar-refractivity contribution in [2.75, 3.05) is 37.6 Å². The van der Waals surface area contributed by atoms with Crippen molar-refractivity contribution in [3.63, 3.8) is 0 Å². The van der Waals surface area contributed by atoms with Crippen LogP contribution in [0.15, 0.2) is 48.5 Å². The van der Waals surface area contributed by atoms with E-state index in [-0.39, 0.29) is 17.7 Å². The molecule has 0 aliphatic carbocycles. The van der Waals surface area contributed by atoms with Gasteiger partial charge in [0.2, 0.25) is 0 Å². The molecule has 0 spiro atoms. The van der Waals surface area contributed by atoms with Gasteiger partial charge in [-0.2, -0.15) is 0 Å². The van der Waals surface area contributed by atoms with Gasteiger partial charge in [0.25, 0.3) is 5.91 Å². The van der Waals surface area contributed by atoms with Gasteiger partial charge in [-0.25, -0.2) is 0 Å². The predicted molar refractivity (Wildman–Crippen MR) is 104 cm³/mol. The van der Waals surface area contributed by atoms with E-state index in [2.05, 4.69) is 10.2 Å². The lowest BCUT2D eigenvalue weighted by Gasteiger charge is -2.33. The maximum atomic E-state index is 12.4. The zero-order chi connectivity index (χ0) is 18.5. The van der Waals surface area contributed by atoms with Gasteiger partial charge in [-0.15, -0.1) is 0 Å². The van der Waals surface area contributed by atoms with Gasteiger partial charge in [-0.05, 0) is 48.9 Å². The first kappa shape index (κ1) is 18.5. The van der Waals surface area contributed by atoms with Crippen molar-refractivity contribution in [3.8, 4) is 5.75 Å². The Kier molecular flexibility index (Phi) is 6.01. The van der Waals surface area contributed by atoms with E-state index >= 15 is 0 Å². The van der Waals surface area contributed by atoms with Crippen LogP contribution >= 0.6 is 11.6 Å². The number of nitrogens with zero attached hydrogens (tertiary/aromatic N) is 1. The smallest absolute Gasteiger partial charge is 0.275 e. The molecule has 5 nitrogen and oxygen atoms in total. The van der Waals surface area contributed by atoms with Crippen LogP contribution in [-0.2, 0) is 4.79 Å². The highest BCUT2D eigenvalue weighted by Crippen LogP contribution is 2.18. The fraction of sp³-hybridized carbons (Fsp3) is 0.350. The standard InChI is InChI=1S/C20H24ClN3O2/c1-15(16-2-4-17(21)5-3-16)22-20(26)14-23-10-12-24(13-11-23)18-6-8-19(25)9-7-18/h2-9,15,25H,10-14H2,1H3,(H,22,26)/p+1/t15-/m0/s1. The van der Waals surface area contributed by atoms with Gasteiger partial charge < -0.3 is 20.2 Å². The number of benzene rings is 2. The summed E-state index contributed by atoms with van der Waals surface area (Å²) in [6, 6.07) is 14.8. The highest BCUT2D eigenvalue weighted by molar-refractivity contribution is 6.30. The van der Waals surface area contributed by atoms with E-state index < -0.39 is 0 Å². The van der Waals surface area contributed by atoms with Gasteiger partial charge in [0, 0.05) is 10.7 Å². The molecule has 1 aliphatic rings. The molecule has 1 fully saturated rings. The molecule has 1 aliphatic heterocycles. The Hall–Kier alpha value is -2.24. The number of quaternary nitrogens is 1. The zero-order valence-electron chi connectivity index (χ0n) is 14.9. The first-order chi connectivity index (χ1) is 12.5. The Morgan fingerprint density at radius 3 is 2.38 bits per heavy atom. The van der Waals surface area contributed by atoms with Crippen molar-refractivity contribution < 1.29 is 14.8 Å². The Balaban J connectivity index is 1.45. The minimum Gasteiger partial charge on any atom is -0.508 e. The molecule has 0 unspecified atom stereocenters. The Labute approximate surface area is 159 Å². The third-order valence-corrected chi connectivity index (χ3v) is 5.10. The predicted octanol–water partition coefficient (Wildman–Crippen LogP) is 1.63. The monoisotopic (exact) mass is 374 g/mol. The molecule has 2 aromatic rings. The second kappa shape index (κ2) is 8.43. The summed E-state index contributed by atoms with van der Waals surface area (Å²) in [6.45, 7) is 6.12. The molecule has 0 saturated carbocycles. The van der Waals surface area contributed by atoms with E-state index in [4.69, 9.17) is 11.6 Å². The number of hydrogen-bond donors (Lipinski definition) is 3. The summed E-state index contributed by atoms with van der Waals surface area (Å²) in [6.07, 6.45) is 0. The van der Waals surface area contributed by atoms with Crippen LogP contribution in [0.3, 0.4) is 0 Å². The molecule has 0 radical (unpaired) electrons. The van der Waals surface area contributed by atoms with Gasteiger partial charge in [0.1, 0.15) is 5.75 Å². The van der Waals surface area contributed by atoms with Crippen molar-refractivity contribution >= 4 is 23.2 Å². The number of amides is 1. The third kappa shape index (κ3) is 4.90. The van der Waals surface area contributed by atoms with Gasteiger partial charge >= 0.3 is 0 Å². The van der Waals surface area contributed by atoms with Crippen molar-refractivity contribution in [2.45, 2.75) is 13.0 Å². The molecule has 138 valence electrons. The lowest BCUT2D eigenvalue weighted by molar-refractivity contribution is -0.892. The van der Waals surface area contributed by atoms with Crippen LogP contribution in [-0.4, -0.2) is 43.7 Å². The topological polar surface area (TPSA) is 57.0 Å². The quantitative estimate of drug-likeness (QED) is 0.745. The molecule has 1 atom stereocenters. The Morgan fingerprint density at radius 1 is 1.15 bits per heavy atom. The molecule has 6 heteroatoms. The summed E-state index contributed by atoms with van der Waals surface area (Å²) >= 11 is 5.91. The van der Waals surface area contributed by atoms with Gasteiger partial charge in [0.15, 0.2) is 6.54 Å². The number of aromatic hydroxyl groups is 1. The van der Waals surface area contributed by atoms with Crippen molar-refractivity contribution in [2.24, 2.45) is 0 Å². The summed E-state index contributed by atoms with van der Waals surface area (Å²) in [5.41, 5.74) is 2.16. The van der Waals surface area contributed by atoms with E-state index in [0.29, 0.717) is 11.6 Å². The maximum Gasteiger partial charge on any atom is 0.275 e. The number of phenolic OH excluding ortho intramolecular Hbond substituents is 1. The lowest BCUT2D eigenvalue weighted by Crippen LogP contribution is -3.15. The second-order valence-electron chi connectivity index (χ2n) is 6.77. The minimum absolute atomic E-state index is 0.0301. The fourth-order valence-electron chi connectivity index (χ4n) is 3.28. The highest BCUT2D eigenvalue weighted by Gasteiger charge is 2.23. The number of nitrogens with one attached hydrogen (secondary N) is 2. The van der Waals surface area contributed by atoms with Gasteiger partial charge in [0.05, 0.1) is 32.2 Å². The third-order valence-electron chi connectivity index (χ3n) is 4.84. The summed E-state index contributed by atoms with van der Waals surface area (Å²) in [5, 5.41) is 13.2. The normalized spacial score (nSPS) is 16.3. The van der Waals surface area contributed by atoms with Crippen molar-refractivity contribution in [1.29, 1.82) is 0 Å². The molecule has 3 rings (SSSR count).